The molecule has 112 valence electrons. The third-order valence-corrected chi connectivity index (χ3v) is 3.40. The highest BCUT2D eigenvalue weighted by Gasteiger charge is 2.21. The van der Waals surface area contributed by atoms with E-state index in [0.717, 1.165) is 18.4 Å². The maximum atomic E-state index is 12.2. The number of carbonyl (C=O) groups is 1. The highest BCUT2D eigenvalue weighted by molar-refractivity contribution is 5.92. The molecule has 0 aliphatic carbocycles. The lowest BCUT2D eigenvalue weighted by Crippen LogP contribution is -2.34. The Morgan fingerprint density at radius 2 is 2.14 bits per heavy atom. The summed E-state index contributed by atoms with van der Waals surface area (Å²) in [5.74, 6) is 0.695. The van der Waals surface area contributed by atoms with Gasteiger partial charge in [0.05, 0.1) is 6.04 Å². The van der Waals surface area contributed by atoms with E-state index in [1.165, 1.54) is 0 Å². The number of aromatic nitrogens is 2. The Bertz CT molecular complexity index is 534. The van der Waals surface area contributed by atoms with E-state index in [1.807, 2.05) is 23.9 Å². The normalized spacial score (nSPS) is 17.7. The molecular formula is C16H22N4O. The predicted molar refractivity (Wildman–Crippen MR) is 84.9 cm³/mol. The van der Waals surface area contributed by atoms with Gasteiger partial charge in [0.15, 0.2) is 0 Å². The van der Waals surface area contributed by atoms with E-state index < -0.39 is 0 Å². The van der Waals surface area contributed by atoms with Gasteiger partial charge in [0.2, 0.25) is 11.9 Å². The second-order valence-corrected chi connectivity index (χ2v) is 5.32. The molecule has 1 atom stereocenters. The monoisotopic (exact) mass is 286 g/mol. The van der Waals surface area contributed by atoms with E-state index in [4.69, 9.17) is 0 Å². The molecule has 1 aromatic rings. The lowest BCUT2D eigenvalue weighted by Gasteiger charge is -2.22. The first-order valence-corrected chi connectivity index (χ1v) is 7.26. The fourth-order valence-corrected chi connectivity index (χ4v) is 2.28. The molecular weight excluding hydrogens is 264 g/mol. The van der Waals surface area contributed by atoms with Crippen LogP contribution in [0.5, 0.6) is 0 Å². The van der Waals surface area contributed by atoms with E-state index in [2.05, 4.69) is 29.0 Å². The number of hydrogen-bond donors (Lipinski definition) is 0. The zero-order chi connectivity index (χ0) is 15.2. The van der Waals surface area contributed by atoms with Gasteiger partial charge in [-0.15, -0.1) is 0 Å². The minimum atomic E-state index is 0.0372. The number of nitrogens with zero attached hydrogens (tertiary/aromatic N) is 4. The summed E-state index contributed by atoms with van der Waals surface area (Å²) < 4.78 is 0. The zero-order valence-electron chi connectivity index (χ0n) is 12.9. The second kappa shape index (κ2) is 7.02. The van der Waals surface area contributed by atoms with Gasteiger partial charge in [0, 0.05) is 44.7 Å². The number of amides is 1. The third kappa shape index (κ3) is 3.90. The molecule has 0 aromatic carbocycles. The fraction of sp³-hybridized carbons (Fsp3) is 0.438. The van der Waals surface area contributed by atoms with Crippen molar-refractivity contribution in [2.45, 2.75) is 25.8 Å². The van der Waals surface area contributed by atoms with Crippen LogP contribution in [-0.4, -0.2) is 47.5 Å². The van der Waals surface area contributed by atoms with Crippen molar-refractivity contribution in [1.29, 1.82) is 0 Å². The van der Waals surface area contributed by atoms with Crippen LogP contribution in [0, 0.1) is 0 Å². The summed E-state index contributed by atoms with van der Waals surface area (Å²) >= 11 is 0. The molecule has 0 spiro atoms. The smallest absolute Gasteiger partial charge is 0.247 e. The van der Waals surface area contributed by atoms with E-state index in [9.17, 15) is 4.79 Å². The summed E-state index contributed by atoms with van der Waals surface area (Å²) in [6.07, 6.45) is 13.1. The quantitative estimate of drug-likeness (QED) is 0.614. The Kier molecular flexibility index (Phi) is 5.09. The van der Waals surface area contributed by atoms with Gasteiger partial charge in [0.25, 0.3) is 0 Å². The van der Waals surface area contributed by atoms with Gasteiger partial charge in [-0.25, -0.2) is 9.97 Å². The third-order valence-electron chi connectivity index (χ3n) is 3.40. The Balaban J connectivity index is 1.98. The van der Waals surface area contributed by atoms with Gasteiger partial charge in [-0.1, -0.05) is 25.5 Å². The van der Waals surface area contributed by atoms with Gasteiger partial charge in [0.1, 0.15) is 0 Å². The van der Waals surface area contributed by atoms with Crippen LogP contribution in [0.3, 0.4) is 0 Å². The average molecular weight is 286 g/mol. The van der Waals surface area contributed by atoms with Crippen LogP contribution >= 0.6 is 0 Å². The van der Waals surface area contributed by atoms with Crippen molar-refractivity contribution in [2.24, 2.45) is 0 Å². The topological polar surface area (TPSA) is 49.3 Å². The van der Waals surface area contributed by atoms with Crippen molar-refractivity contribution >= 4 is 17.9 Å². The van der Waals surface area contributed by atoms with E-state index >= 15 is 0 Å². The first-order valence-electron chi connectivity index (χ1n) is 7.26. The Morgan fingerprint density at radius 1 is 1.43 bits per heavy atom. The summed E-state index contributed by atoms with van der Waals surface area (Å²) in [5.41, 5.74) is 0.827. The van der Waals surface area contributed by atoms with E-state index in [1.54, 1.807) is 24.5 Å². The van der Waals surface area contributed by atoms with Gasteiger partial charge in [-0.3, -0.25) is 4.79 Å². The van der Waals surface area contributed by atoms with Gasteiger partial charge >= 0.3 is 0 Å². The molecule has 5 nitrogen and oxygen atoms in total. The van der Waals surface area contributed by atoms with Gasteiger partial charge in [-0.05, 0) is 12.5 Å². The summed E-state index contributed by atoms with van der Waals surface area (Å²) in [5, 5.41) is 0. The van der Waals surface area contributed by atoms with Crippen LogP contribution in [0.25, 0.3) is 6.08 Å². The van der Waals surface area contributed by atoms with Crippen LogP contribution < -0.4 is 4.90 Å². The molecule has 1 unspecified atom stereocenters. The maximum Gasteiger partial charge on any atom is 0.247 e. The van der Waals surface area contributed by atoms with Crippen LogP contribution in [0.4, 0.5) is 5.95 Å². The van der Waals surface area contributed by atoms with Crippen molar-refractivity contribution in [3.63, 3.8) is 0 Å². The van der Waals surface area contributed by atoms with Crippen molar-refractivity contribution in [3.8, 4) is 0 Å². The van der Waals surface area contributed by atoms with Crippen LogP contribution in [0.2, 0.25) is 0 Å². The first kappa shape index (κ1) is 15.2. The summed E-state index contributed by atoms with van der Waals surface area (Å²) in [6, 6.07) is 0.236. The van der Waals surface area contributed by atoms with Crippen LogP contribution in [0.15, 0.2) is 30.6 Å². The number of anilines is 1. The predicted octanol–water partition coefficient (Wildman–Crippen LogP) is 2.12. The summed E-state index contributed by atoms with van der Waals surface area (Å²) in [6.45, 7) is 2.83. The average Bonchev–Trinajstić information content (AvgIpc) is 2.94. The molecule has 5 heteroatoms. The van der Waals surface area contributed by atoms with E-state index in [-0.39, 0.29) is 11.9 Å². The highest BCUT2D eigenvalue weighted by atomic mass is 16.2. The fourth-order valence-electron chi connectivity index (χ4n) is 2.28. The standard InChI is InChI=1S/C16H22N4O/c1-4-6-14-7-5-10-20(14)15(21)9-8-13-11-17-16(18-12-13)19(2)3/h5,7-9,11-12,14H,4,6,10H2,1-3H3. The maximum absolute atomic E-state index is 12.2. The lowest BCUT2D eigenvalue weighted by molar-refractivity contribution is -0.126. The van der Waals surface area contributed by atoms with Crippen LogP contribution in [-0.2, 0) is 4.79 Å². The summed E-state index contributed by atoms with van der Waals surface area (Å²) in [7, 11) is 3.78. The van der Waals surface area contributed by atoms with Crippen molar-refractivity contribution in [2.75, 3.05) is 25.5 Å². The molecule has 2 heterocycles. The number of carbonyl (C=O) groups excluding carboxylic acids is 1. The minimum Gasteiger partial charge on any atom is -0.347 e. The molecule has 1 aliphatic heterocycles. The molecule has 1 aliphatic rings. The van der Waals surface area contributed by atoms with Crippen molar-refractivity contribution in [1.82, 2.24) is 14.9 Å². The molecule has 2 rings (SSSR count). The van der Waals surface area contributed by atoms with Gasteiger partial charge in [-0.2, -0.15) is 0 Å². The molecule has 0 saturated carbocycles. The van der Waals surface area contributed by atoms with E-state index in [0.29, 0.717) is 12.5 Å². The molecule has 1 amide bonds. The SMILES string of the molecule is CCCC1C=CCN1C(=O)C=Cc1cnc(N(C)C)nc1. The second-order valence-electron chi connectivity index (χ2n) is 5.32. The molecule has 0 bridgehead atoms. The summed E-state index contributed by atoms with van der Waals surface area (Å²) in [4.78, 5) is 24.4. The van der Waals surface area contributed by atoms with Gasteiger partial charge < -0.3 is 9.80 Å². The minimum absolute atomic E-state index is 0.0372. The molecule has 0 saturated heterocycles. The van der Waals surface area contributed by atoms with Crippen LogP contribution in [0.1, 0.15) is 25.3 Å². The molecule has 21 heavy (non-hydrogen) atoms. The number of rotatable bonds is 5. The first-order chi connectivity index (χ1) is 10.1. The Hall–Kier alpha value is -2.17. The van der Waals surface area contributed by atoms with Crippen molar-refractivity contribution < 1.29 is 4.79 Å². The molecule has 0 radical (unpaired) electrons. The zero-order valence-corrected chi connectivity index (χ0v) is 12.9. The largest absolute Gasteiger partial charge is 0.347 e. The Labute approximate surface area is 126 Å². The molecule has 0 N–H and O–H groups in total. The Morgan fingerprint density at radius 3 is 2.76 bits per heavy atom. The molecule has 1 aromatic heterocycles. The number of hydrogen-bond acceptors (Lipinski definition) is 4. The van der Waals surface area contributed by atoms with Crippen molar-refractivity contribution in [3.05, 3.63) is 36.2 Å². The highest BCUT2D eigenvalue weighted by Crippen LogP contribution is 2.15. The molecule has 0 fully saturated rings. The lowest BCUT2D eigenvalue weighted by atomic mass is 10.1.